The lowest BCUT2D eigenvalue weighted by molar-refractivity contribution is 0.510. The molecule has 5 heteroatoms. The maximum absolute atomic E-state index is 4.91. The standard InChI is InChI=1S/C21H20N4.ClH/c1-14-20-19(25(24-14)16-7-3-2-4-8-16)12-11-15-13-22-17-9-5-6-10-18(17)23-21(15)20;/h2-10,13,19-20,23H,11-12H2,1H3;1H. The Balaban J connectivity index is 0.00000168. The summed E-state index contributed by atoms with van der Waals surface area (Å²) in [6.45, 7) is 2.15. The number of halogens is 1. The van der Waals surface area contributed by atoms with Crippen LogP contribution in [0.2, 0.25) is 0 Å². The summed E-state index contributed by atoms with van der Waals surface area (Å²) in [4.78, 5) is 4.69. The van der Waals surface area contributed by atoms with Crippen LogP contribution in [0.15, 0.2) is 76.0 Å². The lowest BCUT2D eigenvalue weighted by Gasteiger charge is -2.34. The molecule has 26 heavy (non-hydrogen) atoms. The average Bonchev–Trinajstić information content (AvgIpc) is 2.88. The first-order valence-corrected chi connectivity index (χ1v) is 8.84. The van der Waals surface area contributed by atoms with Gasteiger partial charge in [-0.25, -0.2) is 0 Å². The van der Waals surface area contributed by atoms with Gasteiger partial charge in [0.15, 0.2) is 0 Å². The van der Waals surface area contributed by atoms with E-state index >= 15 is 0 Å². The minimum Gasteiger partial charge on any atom is -0.356 e. The largest absolute Gasteiger partial charge is 0.356 e. The zero-order chi connectivity index (χ0) is 16.8. The number of nitrogens with one attached hydrogen (secondary N) is 1. The first-order valence-electron chi connectivity index (χ1n) is 8.84. The highest BCUT2D eigenvalue weighted by molar-refractivity contribution is 5.97. The molecule has 0 saturated heterocycles. The van der Waals surface area contributed by atoms with Gasteiger partial charge < -0.3 is 5.32 Å². The third-order valence-electron chi connectivity index (χ3n) is 5.33. The monoisotopic (exact) mass is 364 g/mol. The fraction of sp³-hybridized carbons (Fsp3) is 0.238. The molecule has 0 fully saturated rings. The molecule has 2 aromatic carbocycles. The van der Waals surface area contributed by atoms with Crippen molar-refractivity contribution in [3.63, 3.8) is 0 Å². The van der Waals surface area contributed by atoms with Gasteiger partial charge in [-0.3, -0.25) is 10.0 Å². The summed E-state index contributed by atoms with van der Waals surface area (Å²) < 4.78 is 0. The summed E-state index contributed by atoms with van der Waals surface area (Å²) in [5, 5.41) is 10.8. The van der Waals surface area contributed by atoms with Gasteiger partial charge >= 0.3 is 0 Å². The maximum Gasteiger partial charge on any atom is 0.0864 e. The topological polar surface area (TPSA) is 40.0 Å². The van der Waals surface area contributed by atoms with E-state index in [9.17, 15) is 0 Å². The Morgan fingerprint density at radius 1 is 1.04 bits per heavy atom. The minimum absolute atomic E-state index is 0. The van der Waals surface area contributed by atoms with Crippen molar-refractivity contribution in [3.05, 3.63) is 65.9 Å². The molecule has 4 nitrogen and oxygen atoms in total. The summed E-state index contributed by atoms with van der Waals surface area (Å²) in [7, 11) is 0. The number of fused-ring (bicyclic) bond motifs is 3. The first-order chi connectivity index (χ1) is 12.3. The molecule has 0 spiro atoms. The minimum atomic E-state index is 0. The number of benzene rings is 2. The molecule has 5 rings (SSSR count). The molecule has 2 unspecified atom stereocenters. The maximum atomic E-state index is 4.91. The summed E-state index contributed by atoms with van der Waals surface area (Å²) in [6.07, 6.45) is 4.15. The molecule has 0 amide bonds. The van der Waals surface area contributed by atoms with Crippen LogP contribution in [0.4, 0.5) is 17.1 Å². The van der Waals surface area contributed by atoms with Gasteiger partial charge in [-0.2, -0.15) is 5.10 Å². The number of rotatable bonds is 1. The lowest BCUT2D eigenvalue weighted by atomic mass is 9.81. The van der Waals surface area contributed by atoms with E-state index in [1.807, 2.05) is 12.3 Å². The third kappa shape index (κ3) is 2.61. The fourth-order valence-electron chi connectivity index (χ4n) is 4.16. The van der Waals surface area contributed by atoms with Crippen molar-refractivity contribution in [1.29, 1.82) is 0 Å². The molecule has 132 valence electrons. The van der Waals surface area contributed by atoms with Crippen molar-refractivity contribution in [2.24, 2.45) is 16.0 Å². The quantitative estimate of drug-likeness (QED) is 0.758. The molecule has 2 heterocycles. The summed E-state index contributed by atoms with van der Waals surface area (Å²) >= 11 is 0. The van der Waals surface area contributed by atoms with Crippen molar-refractivity contribution >= 4 is 41.4 Å². The van der Waals surface area contributed by atoms with Crippen molar-refractivity contribution in [2.45, 2.75) is 25.8 Å². The molecule has 1 aliphatic carbocycles. The van der Waals surface area contributed by atoms with Gasteiger partial charge in [-0.1, -0.05) is 30.3 Å². The van der Waals surface area contributed by atoms with Crippen LogP contribution in [-0.2, 0) is 0 Å². The SMILES string of the molecule is CC1=NN(c2ccccc2)C2CCC3=C(Nc4ccccc4N=C3)C12.Cl. The Bertz CT molecular complexity index is 917. The number of nitrogens with zero attached hydrogens (tertiary/aromatic N) is 3. The Morgan fingerprint density at radius 2 is 1.81 bits per heavy atom. The zero-order valence-corrected chi connectivity index (χ0v) is 15.4. The molecule has 0 saturated carbocycles. The van der Waals surface area contributed by atoms with E-state index in [1.165, 1.54) is 22.7 Å². The van der Waals surface area contributed by atoms with Gasteiger partial charge in [0, 0.05) is 17.6 Å². The van der Waals surface area contributed by atoms with Crippen molar-refractivity contribution in [3.8, 4) is 0 Å². The lowest BCUT2D eigenvalue weighted by Crippen LogP contribution is -2.39. The van der Waals surface area contributed by atoms with Gasteiger partial charge in [0.2, 0.25) is 0 Å². The molecule has 2 atom stereocenters. The molecule has 0 radical (unpaired) electrons. The van der Waals surface area contributed by atoms with E-state index < -0.39 is 0 Å². The first kappa shape index (κ1) is 16.9. The molecule has 2 aliphatic heterocycles. The van der Waals surface area contributed by atoms with Crippen LogP contribution < -0.4 is 10.3 Å². The smallest absolute Gasteiger partial charge is 0.0864 e. The number of allylic oxidation sites excluding steroid dienone is 1. The van der Waals surface area contributed by atoms with Crippen LogP contribution in [-0.4, -0.2) is 18.0 Å². The van der Waals surface area contributed by atoms with Gasteiger partial charge in [0.25, 0.3) is 0 Å². The van der Waals surface area contributed by atoms with Crippen LogP contribution in [0.1, 0.15) is 19.8 Å². The molecule has 1 N–H and O–H groups in total. The highest BCUT2D eigenvalue weighted by atomic mass is 35.5. The molecular formula is C21H21ClN4. The number of para-hydroxylation sites is 3. The number of hydrogen-bond donors (Lipinski definition) is 1. The normalized spacial score (nSPS) is 23.1. The number of anilines is 2. The van der Waals surface area contributed by atoms with E-state index in [2.05, 4.69) is 70.8 Å². The Kier molecular flexibility index (Phi) is 4.29. The van der Waals surface area contributed by atoms with E-state index in [0.29, 0.717) is 12.0 Å². The Hall–Kier alpha value is -2.59. The van der Waals surface area contributed by atoms with Crippen LogP contribution in [0.5, 0.6) is 0 Å². The Morgan fingerprint density at radius 3 is 2.65 bits per heavy atom. The van der Waals surface area contributed by atoms with Crippen LogP contribution >= 0.6 is 12.4 Å². The molecule has 0 bridgehead atoms. The van der Waals surface area contributed by atoms with E-state index in [4.69, 9.17) is 5.10 Å². The summed E-state index contributed by atoms with van der Waals surface area (Å²) in [5.74, 6) is 0.293. The summed E-state index contributed by atoms with van der Waals surface area (Å²) in [6, 6.07) is 19.1. The van der Waals surface area contributed by atoms with Crippen molar-refractivity contribution < 1.29 is 0 Å². The number of aliphatic imine (C=N–C) groups is 1. The molecule has 2 aromatic rings. The van der Waals surface area contributed by atoms with Gasteiger partial charge in [-0.05, 0) is 49.6 Å². The fourth-order valence-corrected chi connectivity index (χ4v) is 4.16. The molecular weight excluding hydrogens is 344 g/mol. The number of hydrazone groups is 1. The highest BCUT2D eigenvalue weighted by Gasteiger charge is 2.42. The second-order valence-electron chi connectivity index (χ2n) is 6.84. The van der Waals surface area contributed by atoms with Crippen LogP contribution in [0.3, 0.4) is 0 Å². The van der Waals surface area contributed by atoms with E-state index in [0.717, 1.165) is 24.2 Å². The third-order valence-corrected chi connectivity index (χ3v) is 5.33. The average molecular weight is 365 g/mol. The van der Waals surface area contributed by atoms with Gasteiger partial charge in [0.1, 0.15) is 0 Å². The van der Waals surface area contributed by atoms with E-state index in [1.54, 1.807) is 0 Å². The predicted octanol–water partition coefficient (Wildman–Crippen LogP) is 5.17. The zero-order valence-electron chi connectivity index (χ0n) is 14.6. The van der Waals surface area contributed by atoms with E-state index in [-0.39, 0.29) is 12.4 Å². The van der Waals surface area contributed by atoms with Crippen molar-refractivity contribution in [1.82, 2.24) is 0 Å². The summed E-state index contributed by atoms with van der Waals surface area (Å²) in [5.41, 5.74) is 6.99. The number of hydrogen-bond acceptors (Lipinski definition) is 4. The Labute approximate surface area is 159 Å². The predicted molar refractivity (Wildman–Crippen MR) is 111 cm³/mol. The van der Waals surface area contributed by atoms with Crippen molar-refractivity contribution in [2.75, 3.05) is 10.3 Å². The highest BCUT2D eigenvalue weighted by Crippen LogP contribution is 2.42. The molecule has 0 aromatic heterocycles. The van der Waals surface area contributed by atoms with Gasteiger partial charge in [0.05, 0.1) is 29.0 Å². The van der Waals surface area contributed by atoms with Crippen LogP contribution in [0, 0.1) is 5.92 Å². The van der Waals surface area contributed by atoms with Gasteiger partial charge in [-0.15, -0.1) is 12.4 Å². The molecule has 3 aliphatic rings. The van der Waals surface area contributed by atoms with Crippen LogP contribution in [0.25, 0.3) is 0 Å². The second kappa shape index (κ2) is 6.61. The second-order valence-corrected chi connectivity index (χ2v) is 6.84.